The lowest BCUT2D eigenvalue weighted by Gasteiger charge is -2.21. The van der Waals surface area contributed by atoms with Crippen LogP contribution >= 0.6 is 11.8 Å². The van der Waals surface area contributed by atoms with Crippen molar-refractivity contribution >= 4 is 17.5 Å². The van der Waals surface area contributed by atoms with Crippen molar-refractivity contribution in [2.45, 2.75) is 24.7 Å². The summed E-state index contributed by atoms with van der Waals surface area (Å²) in [6.45, 7) is 1.95. The number of thioether (sulfide) groups is 1. The van der Waals surface area contributed by atoms with Crippen LogP contribution in [0.1, 0.15) is 24.5 Å². The fourth-order valence-corrected chi connectivity index (χ4v) is 3.90. The van der Waals surface area contributed by atoms with Crippen LogP contribution in [0.15, 0.2) is 47.6 Å². The van der Waals surface area contributed by atoms with Crippen molar-refractivity contribution < 1.29 is 18.4 Å². The number of benzene rings is 2. The molecule has 1 atom stereocenters. The number of hydrogen-bond donors (Lipinski definition) is 0. The number of methoxy groups -OCH3 is 1. The molecule has 0 amide bonds. The Labute approximate surface area is 150 Å². The second-order valence-corrected chi connectivity index (χ2v) is 7.13. The molecule has 1 unspecified atom stereocenters. The number of rotatable bonds is 6. The highest BCUT2D eigenvalue weighted by atomic mass is 32.2. The van der Waals surface area contributed by atoms with Gasteiger partial charge in [-0.2, -0.15) is 11.8 Å². The molecular weight excluding hydrogens is 344 g/mol. The zero-order chi connectivity index (χ0) is 17.9. The van der Waals surface area contributed by atoms with E-state index in [1.165, 1.54) is 30.0 Å². The van der Waals surface area contributed by atoms with E-state index in [0.717, 1.165) is 17.0 Å². The highest BCUT2D eigenvalue weighted by molar-refractivity contribution is 7.98. The average Bonchev–Trinajstić information content (AvgIpc) is 3.00. The SMILES string of the molecule is COc1ccccc1C1=NOC(C)(CSCc2c(F)cccc2F)C1. The van der Waals surface area contributed by atoms with Crippen LogP contribution < -0.4 is 4.74 Å². The van der Waals surface area contributed by atoms with E-state index in [1.807, 2.05) is 31.2 Å². The van der Waals surface area contributed by atoms with Gasteiger partial charge in [-0.15, -0.1) is 0 Å². The first-order chi connectivity index (χ1) is 12.0. The van der Waals surface area contributed by atoms with E-state index in [4.69, 9.17) is 9.57 Å². The summed E-state index contributed by atoms with van der Waals surface area (Å²) >= 11 is 1.43. The Morgan fingerprint density at radius 1 is 1.16 bits per heavy atom. The molecule has 25 heavy (non-hydrogen) atoms. The number of para-hydroxylation sites is 1. The van der Waals surface area contributed by atoms with Crippen molar-refractivity contribution in [1.82, 2.24) is 0 Å². The Balaban J connectivity index is 1.62. The summed E-state index contributed by atoms with van der Waals surface area (Å²) in [5.41, 5.74) is 1.30. The smallest absolute Gasteiger partial charge is 0.149 e. The molecule has 0 aromatic heterocycles. The van der Waals surface area contributed by atoms with Crippen LogP contribution in [0.4, 0.5) is 8.78 Å². The largest absolute Gasteiger partial charge is 0.496 e. The van der Waals surface area contributed by atoms with Crippen LogP contribution in [-0.2, 0) is 10.6 Å². The molecule has 1 heterocycles. The summed E-state index contributed by atoms with van der Waals surface area (Å²) in [5.74, 6) is 0.534. The third-order valence-corrected chi connectivity index (χ3v) is 5.36. The lowest BCUT2D eigenvalue weighted by atomic mass is 9.97. The molecule has 2 aromatic carbocycles. The van der Waals surface area contributed by atoms with E-state index in [-0.39, 0.29) is 11.3 Å². The first kappa shape index (κ1) is 17.7. The van der Waals surface area contributed by atoms with Gasteiger partial charge in [-0.25, -0.2) is 8.78 Å². The Hall–Kier alpha value is -2.08. The molecule has 0 spiro atoms. The zero-order valence-electron chi connectivity index (χ0n) is 14.1. The standard InChI is InChI=1S/C19H19F2NO2S/c1-19(12-25-11-14-15(20)7-5-8-16(14)21)10-17(22-24-19)13-6-3-4-9-18(13)23-2/h3-9H,10-12H2,1-2H3. The second-order valence-electron chi connectivity index (χ2n) is 6.15. The molecule has 6 heteroatoms. The van der Waals surface area contributed by atoms with Gasteiger partial charge in [0.25, 0.3) is 0 Å². The molecule has 1 aliphatic heterocycles. The fraction of sp³-hybridized carbons (Fsp3) is 0.316. The Bertz CT molecular complexity index is 776. The normalized spacial score (nSPS) is 19.4. The minimum atomic E-state index is -0.518. The van der Waals surface area contributed by atoms with Gasteiger partial charge in [-0.05, 0) is 31.2 Å². The maximum Gasteiger partial charge on any atom is 0.149 e. The number of nitrogens with zero attached hydrogens (tertiary/aromatic N) is 1. The number of halogens is 2. The third-order valence-electron chi connectivity index (χ3n) is 4.05. The van der Waals surface area contributed by atoms with Crippen molar-refractivity contribution in [3.05, 3.63) is 65.2 Å². The molecule has 0 radical (unpaired) electrons. The Kier molecular flexibility index (Phi) is 5.27. The second kappa shape index (κ2) is 7.44. The van der Waals surface area contributed by atoms with E-state index in [2.05, 4.69) is 5.16 Å². The summed E-state index contributed by atoms with van der Waals surface area (Å²) in [6, 6.07) is 11.6. The number of oxime groups is 1. The van der Waals surface area contributed by atoms with Crippen molar-refractivity contribution in [3.63, 3.8) is 0 Å². The van der Waals surface area contributed by atoms with E-state index in [9.17, 15) is 8.78 Å². The van der Waals surface area contributed by atoms with Gasteiger partial charge in [-0.1, -0.05) is 23.4 Å². The molecule has 3 nitrogen and oxygen atoms in total. The summed E-state index contributed by atoms with van der Waals surface area (Å²) < 4.78 is 32.8. The van der Waals surface area contributed by atoms with E-state index in [1.54, 1.807) is 7.11 Å². The van der Waals surface area contributed by atoms with Gasteiger partial charge in [0.05, 0.1) is 12.8 Å². The summed E-state index contributed by atoms with van der Waals surface area (Å²) in [5, 5.41) is 4.20. The Morgan fingerprint density at radius 2 is 1.88 bits per heavy atom. The molecule has 0 fully saturated rings. The van der Waals surface area contributed by atoms with Crippen molar-refractivity contribution in [3.8, 4) is 5.75 Å². The molecule has 0 bridgehead atoms. The van der Waals surface area contributed by atoms with Gasteiger partial charge < -0.3 is 9.57 Å². The monoisotopic (exact) mass is 363 g/mol. The van der Waals surface area contributed by atoms with Gasteiger partial charge in [-0.3, -0.25) is 0 Å². The molecule has 2 aromatic rings. The van der Waals surface area contributed by atoms with Crippen LogP contribution in [0.2, 0.25) is 0 Å². The molecule has 0 saturated carbocycles. The van der Waals surface area contributed by atoms with Gasteiger partial charge in [0.2, 0.25) is 0 Å². The van der Waals surface area contributed by atoms with Gasteiger partial charge >= 0.3 is 0 Å². The van der Waals surface area contributed by atoms with E-state index >= 15 is 0 Å². The zero-order valence-corrected chi connectivity index (χ0v) is 14.9. The highest BCUT2D eigenvalue weighted by Crippen LogP contribution is 2.33. The topological polar surface area (TPSA) is 30.8 Å². The maximum absolute atomic E-state index is 13.7. The van der Waals surface area contributed by atoms with Crippen LogP contribution in [0.25, 0.3) is 0 Å². The molecule has 132 valence electrons. The van der Waals surface area contributed by atoms with Crippen molar-refractivity contribution in [1.29, 1.82) is 0 Å². The van der Waals surface area contributed by atoms with Crippen LogP contribution in [0.3, 0.4) is 0 Å². The Morgan fingerprint density at radius 3 is 2.60 bits per heavy atom. The minimum absolute atomic E-state index is 0.0972. The summed E-state index contributed by atoms with van der Waals surface area (Å²) in [6.07, 6.45) is 0.611. The van der Waals surface area contributed by atoms with E-state index < -0.39 is 17.2 Å². The van der Waals surface area contributed by atoms with E-state index in [0.29, 0.717) is 12.2 Å². The first-order valence-electron chi connectivity index (χ1n) is 7.91. The maximum atomic E-state index is 13.7. The van der Waals surface area contributed by atoms with Crippen molar-refractivity contribution in [2.24, 2.45) is 5.16 Å². The highest BCUT2D eigenvalue weighted by Gasteiger charge is 2.35. The average molecular weight is 363 g/mol. The molecule has 0 aliphatic carbocycles. The van der Waals surface area contributed by atoms with Crippen LogP contribution in [0.5, 0.6) is 5.75 Å². The lowest BCUT2D eigenvalue weighted by Crippen LogP contribution is -2.28. The predicted molar refractivity (Wildman–Crippen MR) is 96.2 cm³/mol. The van der Waals surface area contributed by atoms with Gasteiger partial charge in [0.15, 0.2) is 0 Å². The lowest BCUT2D eigenvalue weighted by molar-refractivity contribution is 0.0163. The molecule has 1 aliphatic rings. The molecule has 0 N–H and O–H groups in total. The fourth-order valence-electron chi connectivity index (χ4n) is 2.73. The molecular formula is C19H19F2NO2S. The first-order valence-corrected chi connectivity index (χ1v) is 9.07. The van der Waals surface area contributed by atoms with Crippen LogP contribution in [-0.4, -0.2) is 24.2 Å². The third kappa shape index (κ3) is 3.95. The minimum Gasteiger partial charge on any atom is -0.496 e. The van der Waals surface area contributed by atoms with Crippen LogP contribution in [0, 0.1) is 11.6 Å². The quantitative estimate of drug-likeness (QED) is 0.739. The molecule has 0 saturated heterocycles. The van der Waals surface area contributed by atoms with Gasteiger partial charge in [0, 0.05) is 29.1 Å². The number of hydrogen-bond acceptors (Lipinski definition) is 4. The summed E-state index contributed by atoms with van der Waals surface area (Å²) in [4.78, 5) is 5.63. The van der Waals surface area contributed by atoms with Gasteiger partial charge in [0.1, 0.15) is 23.0 Å². The summed E-state index contributed by atoms with van der Waals surface area (Å²) in [7, 11) is 1.62. The predicted octanol–water partition coefficient (Wildman–Crippen LogP) is 4.79. The number of ether oxygens (including phenoxy) is 1. The molecule has 3 rings (SSSR count). The van der Waals surface area contributed by atoms with Crippen molar-refractivity contribution in [2.75, 3.05) is 12.9 Å².